The Balaban J connectivity index is 1.60. The highest BCUT2D eigenvalue weighted by molar-refractivity contribution is 5.13. The van der Waals surface area contributed by atoms with Gasteiger partial charge in [-0.1, -0.05) is 10.3 Å². The summed E-state index contributed by atoms with van der Waals surface area (Å²) >= 11 is 0. The quantitative estimate of drug-likeness (QED) is 0.811. The number of ether oxygens (including phenoxy) is 2. The Bertz CT molecular complexity index is 597. The Hall–Kier alpha value is -1.77. The predicted molar refractivity (Wildman–Crippen MR) is 77.1 cm³/mol. The van der Waals surface area contributed by atoms with Crippen molar-refractivity contribution in [2.24, 2.45) is 0 Å². The largest absolute Gasteiger partial charge is 0.383 e. The van der Waals surface area contributed by atoms with E-state index in [1.165, 1.54) is 0 Å². The van der Waals surface area contributed by atoms with Crippen molar-refractivity contribution in [3.05, 3.63) is 29.3 Å². The maximum Gasteiger partial charge on any atom is 0.121 e. The number of nitrogens with one attached hydrogen (secondary N) is 1. The number of hydrogen-bond donors (Lipinski definition) is 1. The van der Waals surface area contributed by atoms with E-state index in [-0.39, 0.29) is 12.1 Å². The van der Waals surface area contributed by atoms with E-state index in [2.05, 4.69) is 20.7 Å². The Morgan fingerprint density at radius 2 is 2.36 bits per heavy atom. The molecule has 8 nitrogen and oxygen atoms in total. The molecule has 0 aliphatic carbocycles. The van der Waals surface area contributed by atoms with Crippen LogP contribution in [0.25, 0.3) is 0 Å². The van der Waals surface area contributed by atoms with Crippen molar-refractivity contribution >= 4 is 0 Å². The SMILES string of the molecule is COCCn1cc([C@H]2OCC[C@@H]2NCc2nonc2C)cn1. The fraction of sp³-hybridized carbons (Fsp3) is 0.643. The average Bonchev–Trinajstić information content (AvgIpc) is 3.23. The van der Waals surface area contributed by atoms with E-state index in [0.717, 1.165) is 36.5 Å². The third-order valence-corrected chi connectivity index (χ3v) is 3.88. The van der Waals surface area contributed by atoms with Crippen LogP contribution in [0.15, 0.2) is 17.0 Å². The highest BCUT2D eigenvalue weighted by atomic mass is 16.6. The molecule has 1 fully saturated rings. The van der Waals surface area contributed by atoms with Gasteiger partial charge in [-0.15, -0.1) is 0 Å². The molecular weight excluding hydrogens is 286 g/mol. The fourth-order valence-electron chi connectivity index (χ4n) is 2.60. The molecule has 1 N–H and O–H groups in total. The van der Waals surface area contributed by atoms with Gasteiger partial charge in [0.1, 0.15) is 17.5 Å². The number of methoxy groups -OCH3 is 1. The van der Waals surface area contributed by atoms with Crippen LogP contribution < -0.4 is 5.32 Å². The Labute approximate surface area is 128 Å². The van der Waals surface area contributed by atoms with Crippen LogP contribution in [0.2, 0.25) is 0 Å². The zero-order valence-electron chi connectivity index (χ0n) is 12.9. The van der Waals surface area contributed by atoms with Gasteiger partial charge in [-0.25, -0.2) is 4.63 Å². The van der Waals surface area contributed by atoms with Crippen LogP contribution in [0.4, 0.5) is 0 Å². The second-order valence-corrected chi connectivity index (χ2v) is 5.39. The van der Waals surface area contributed by atoms with Crippen molar-refractivity contribution < 1.29 is 14.1 Å². The Morgan fingerprint density at radius 3 is 3.14 bits per heavy atom. The molecule has 0 spiro atoms. The highest BCUT2D eigenvalue weighted by Gasteiger charge is 2.30. The van der Waals surface area contributed by atoms with Gasteiger partial charge in [0, 0.05) is 38.1 Å². The van der Waals surface area contributed by atoms with Gasteiger partial charge in [0.15, 0.2) is 0 Å². The van der Waals surface area contributed by atoms with Gasteiger partial charge >= 0.3 is 0 Å². The van der Waals surface area contributed by atoms with Gasteiger partial charge in [-0.05, 0) is 13.3 Å². The molecule has 1 saturated heterocycles. The van der Waals surface area contributed by atoms with Crippen LogP contribution in [0.1, 0.15) is 29.5 Å². The minimum absolute atomic E-state index is 0.0106. The minimum Gasteiger partial charge on any atom is -0.383 e. The highest BCUT2D eigenvalue weighted by Crippen LogP contribution is 2.29. The first-order valence-corrected chi connectivity index (χ1v) is 7.42. The topological polar surface area (TPSA) is 87.2 Å². The fourth-order valence-corrected chi connectivity index (χ4v) is 2.60. The zero-order valence-corrected chi connectivity index (χ0v) is 12.9. The molecule has 2 atom stereocenters. The summed E-state index contributed by atoms with van der Waals surface area (Å²) in [6.45, 7) is 4.63. The van der Waals surface area contributed by atoms with Crippen molar-refractivity contribution in [2.75, 3.05) is 20.3 Å². The van der Waals surface area contributed by atoms with Crippen LogP contribution >= 0.6 is 0 Å². The molecule has 0 bridgehead atoms. The van der Waals surface area contributed by atoms with Gasteiger partial charge in [-0.2, -0.15) is 5.10 Å². The molecule has 0 aromatic carbocycles. The van der Waals surface area contributed by atoms with Crippen molar-refractivity contribution in [3.63, 3.8) is 0 Å². The monoisotopic (exact) mass is 307 g/mol. The maximum absolute atomic E-state index is 5.86. The summed E-state index contributed by atoms with van der Waals surface area (Å²) in [4.78, 5) is 0. The molecule has 8 heteroatoms. The van der Waals surface area contributed by atoms with E-state index in [1.807, 2.05) is 24.0 Å². The first-order chi connectivity index (χ1) is 10.8. The van der Waals surface area contributed by atoms with Crippen LogP contribution in [-0.2, 0) is 22.6 Å². The normalized spacial score (nSPS) is 21.5. The number of hydrogen-bond acceptors (Lipinski definition) is 7. The molecule has 1 aliphatic heterocycles. The third-order valence-electron chi connectivity index (χ3n) is 3.88. The molecule has 0 saturated carbocycles. The number of rotatable bonds is 7. The summed E-state index contributed by atoms with van der Waals surface area (Å²) in [6.07, 6.45) is 4.85. The van der Waals surface area contributed by atoms with Crippen LogP contribution in [-0.4, -0.2) is 46.5 Å². The predicted octanol–water partition coefficient (Wildman–Crippen LogP) is 0.841. The Morgan fingerprint density at radius 1 is 1.45 bits per heavy atom. The Kier molecular flexibility index (Phi) is 4.81. The first-order valence-electron chi connectivity index (χ1n) is 7.42. The number of nitrogens with zero attached hydrogens (tertiary/aromatic N) is 4. The van der Waals surface area contributed by atoms with Crippen molar-refractivity contribution in [3.8, 4) is 0 Å². The van der Waals surface area contributed by atoms with Gasteiger partial charge in [0.25, 0.3) is 0 Å². The van der Waals surface area contributed by atoms with E-state index < -0.39 is 0 Å². The number of aryl methyl sites for hydroxylation is 1. The van der Waals surface area contributed by atoms with Crippen LogP contribution in [0, 0.1) is 6.92 Å². The van der Waals surface area contributed by atoms with Crippen molar-refractivity contribution in [2.45, 2.75) is 38.6 Å². The average molecular weight is 307 g/mol. The van der Waals surface area contributed by atoms with E-state index >= 15 is 0 Å². The van der Waals surface area contributed by atoms with Gasteiger partial charge in [0.2, 0.25) is 0 Å². The maximum atomic E-state index is 5.86. The van der Waals surface area contributed by atoms with Crippen molar-refractivity contribution in [1.82, 2.24) is 25.4 Å². The lowest BCUT2D eigenvalue weighted by Gasteiger charge is -2.18. The van der Waals surface area contributed by atoms with E-state index in [4.69, 9.17) is 14.1 Å². The minimum atomic E-state index is 0.0106. The van der Waals surface area contributed by atoms with Crippen LogP contribution in [0.3, 0.4) is 0 Å². The van der Waals surface area contributed by atoms with Gasteiger partial charge in [0.05, 0.1) is 19.3 Å². The van der Waals surface area contributed by atoms with Gasteiger partial charge in [-0.3, -0.25) is 4.68 Å². The summed E-state index contributed by atoms with van der Waals surface area (Å²) < 4.78 is 17.5. The van der Waals surface area contributed by atoms with Crippen LogP contribution in [0.5, 0.6) is 0 Å². The standard InChI is InChI=1S/C14H21N5O3/c1-10-13(18-22-17-10)8-15-12-3-5-21-14(12)11-7-16-19(9-11)4-6-20-2/h7,9,12,14-15H,3-6,8H2,1-2H3/t12-,14+/m0/s1. The summed E-state index contributed by atoms with van der Waals surface area (Å²) in [5, 5.41) is 15.5. The lowest BCUT2D eigenvalue weighted by molar-refractivity contribution is 0.0982. The van der Waals surface area contributed by atoms with Gasteiger partial charge < -0.3 is 14.8 Å². The summed E-state index contributed by atoms with van der Waals surface area (Å²) in [6, 6.07) is 0.233. The van der Waals surface area contributed by atoms with E-state index in [1.54, 1.807) is 7.11 Å². The van der Waals surface area contributed by atoms with E-state index in [0.29, 0.717) is 13.2 Å². The molecular formula is C14H21N5O3. The number of aromatic nitrogens is 4. The molecule has 3 rings (SSSR count). The molecule has 3 heterocycles. The summed E-state index contributed by atoms with van der Waals surface area (Å²) in [7, 11) is 1.69. The molecule has 0 radical (unpaired) electrons. The molecule has 2 aromatic rings. The molecule has 2 aromatic heterocycles. The summed E-state index contributed by atoms with van der Waals surface area (Å²) in [5.41, 5.74) is 2.73. The summed E-state index contributed by atoms with van der Waals surface area (Å²) in [5.74, 6) is 0. The molecule has 1 aliphatic rings. The van der Waals surface area contributed by atoms with E-state index in [9.17, 15) is 0 Å². The van der Waals surface area contributed by atoms with Crippen molar-refractivity contribution in [1.29, 1.82) is 0 Å². The third kappa shape index (κ3) is 3.34. The second kappa shape index (κ2) is 6.99. The zero-order chi connectivity index (χ0) is 15.4. The smallest absolute Gasteiger partial charge is 0.121 e. The first kappa shape index (κ1) is 15.1. The molecule has 0 unspecified atom stereocenters. The second-order valence-electron chi connectivity index (χ2n) is 5.39. The lowest BCUT2D eigenvalue weighted by Crippen LogP contribution is -2.31. The molecule has 120 valence electrons. The molecule has 22 heavy (non-hydrogen) atoms. The molecule has 0 amide bonds. The lowest BCUT2D eigenvalue weighted by atomic mass is 10.1.